The summed E-state index contributed by atoms with van der Waals surface area (Å²) in [6.45, 7) is 9.29. The van der Waals surface area contributed by atoms with Crippen LogP contribution in [0.15, 0.2) is 12.3 Å². The number of carbonyl (C=O) groups excluding carboxylic acids is 1. The lowest BCUT2D eigenvalue weighted by atomic mass is 9.81. The molecular formula is C21H30F2N6O4. The van der Waals surface area contributed by atoms with Gasteiger partial charge in [0.15, 0.2) is 11.6 Å². The largest absolute Gasteiger partial charge is 0.472 e. The minimum Gasteiger partial charge on any atom is -0.472 e. The van der Waals surface area contributed by atoms with E-state index in [-0.39, 0.29) is 29.3 Å². The average molecular weight is 469 g/mol. The molecule has 3 heterocycles. The summed E-state index contributed by atoms with van der Waals surface area (Å²) in [6.07, 6.45) is 1.56. The number of ether oxygens (including phenoxy) is 3. The van der Waals surface area contributed by atoms with Gasteiger partial charge in [-0.2, -0.15) is 18.9 Å². The molecule has 182 valence electrons. The molecule has 0 radical (unpaired) electrons. The number of anilines is 2. The van der Waals surface area contributed by atoms with Crippen LogP contribution in [-0.4, -0.2) is 62.6 Å². The van der Waals surface area contributed by atoms with Gasteiger partial charge in [-0.05, 0) is 27.7 Å². The third-order valence-corrected chi connectivity index (χ3v) is 5.00. The van der Waals surface area contributed by atoms with E-state index in [1.165, 1.54) is 12.3 Å². The maximum Gasteiger partial charge on any atom is 0.410 e. The Hall–Kier alpha value is -3.18. The molecule has 0 unspecified atom stereocenters. The van der Waals surface area contributed by atoms with Gasteiger partial charge in [-0.1, -0.05) is 13.8 Å². The third-order valence-electron chi connectivity index (χ3n) is 5.00. The van der Waals surface area contributed by atoms with Crippen LogP contribution in [-0.2, 0) is 4.74 Å². The lowest BCUT2D eigenvalue weighted by Gasteiger charge is -2.43. The molecule has 1 saturated heterocycles. The third kappa shape index (κ3) is 6.65. The number of carbonyl (C=O) groups is 1. The summed E-state index contributed by atoms with van der Waals surface area (Å²) < 4.78 is 40.6. The molecule has 10 nitrogen and oxygen atoms in total. The van der Waals surface area contributed by atoms with Gasteiger partial charge in [-0.3, -0.25) is 4.98 Å². The number of likely N-dealkylation sites (tertiary alicyclic amines) is 1. The van der Waals surface area contributed by atoms with Gasteiger partial charge in [0, 0.05) is 31.0 Å². The maximum atomic E-state index is 12.5. The molecule has 3 rings (SSSR count). The standard InChI is InChI=1S/C21H30F2N6O4/c1-12-17(25-14-9-15(28-27-14)32-18(22)23)26-16(10-24-12)31-13-7-8-29(11-21(13,5)6)19(30)33-20(2,3)4/h9-10,13,18H,7-8,11H2,1-6H3,(H2,25,26,27,28)/t13-/m0/s1. The zero-order valence-corrected chi connectivity index (χ0v) is 19.6. The van der Waals surface area contributed by atoms with E-state index in [9.17, 15) is 13.6 Å². The first-order valence-electron chi connectivity index (χ1n) is 10.6. The van der Waals surface area contributed by atoms with E-state index in [4.69, 9.17) is 9.47 Å². The van der Waals surface area contributed by atoms with Crippen molar-refractivity contribution in [3.05, 3.63) is 18.0 Å². The molecule has 0 saturated carbocycles. The Morgan fingerprint density at radius 1 is 1.36 bits per heavy atom. The summed E-state index contributed by atoms with van der Waals surface area (Å²) >= 11 is 0. The number of aromatic amines is 1. The van der Waals surface area contributed by atoms with E-state index in [2.05, 4.69) is 30.2 Å². The van der Waals surface area contributed by atoms with Crippen LogP contribution in [0.25, 0.3) is 0 Å². The zero-order chi connectivity index (χ0) is 24.4. The second-order valence-electron chi connectivity index (χ2n) is 9.55. The second kappa shape index (κ2) is 9.36. The Balaban J connectivity index is 1.66. The Morgan fingerprint density at radius 3 is 2.73 bits per heavy atom. The second-order valence-corrected chi connectivity index (χ2v) is 9.55. The predicted molar refractivity (Wildman–Crippen MR) is 116 cm³/mol. The molecular weight excluding hydrogens is 438 g/mol. The van der Waals surface area contributed by atoms with Crippen molar-refractivity contribution in [2.75, 3.05) is 18.4 Å². The summed E-state index contributed by atoms with van der Waals surface area (Å²) in [4.78, 5) is 22.9. The number of rotatable bonds is 6. The summed E-state index contributed by atoms with van der Waals surface area (Å²) in [5.74, 6) is 0.730. The summed E-state index contributed by atoms with van der Waals surface area (Å²) in [6, 6.07) is 1.29. The number of nitrogens with one attached hydrogen (secondary N) is 2. The number of alkyl halides is 2. The van der Waals surface area contributed by atoms with Gasteiger partial charge < -0.3 is 24.4 Å². The van der Waals surface area contributed by atoms with Gasteiger partial charge in [0.1, 0.15) is 11.7 Å². The maximum absolute atomic E-state index is 12.5. The Labute approximate surface area is 191 Å². The summed E-state index contributed by atoms with van der Waals surface area (Å²) in [7, 11) is 0. The van der Waals surface area contributed by atoms with E-state index in [0.29, 0.717) is 36.9 Å². The molecule has 2 aromatic heterocycles. The number of halogens is 2. The highest BCUT2D eigenvalue weighted by Gasteiger charge is 2.40. The lowest BCUT2D eigenvalue weighted by molar-refractivity contribution is -0.0528. The minimum atomic E-state index is -2.96. The molecule has 0 aliphatic carbocycles. The first-order valence-corrected chi connectivity index (χ1v) is 10.6. The number of H-pyrrole nitrogens is 1. The van der Waals surface area contributed by atoms with Crippen LogP contribution in [0.1, 0.15) is 46.7 Å². The number of piperidine rings is 1. The molecule has 1 aliphatic heterocycles. The van der Waals surface area contributed by atoms with Crippen molar-refractivity contribution in [3.63, 3.8) is 0 Å². The molecule has 2 aromatic rings. The molecule has 2 N–H and O–H groups in total. The van der Waals surface area contributed by atoms with Crippen LogP contribution < -0.4 is 14.8 Å². The molecule has 1 atom stereocenters. The normalized spacial score (nSPS) is 18.2. The highest BCUT2D eigenvalue weighted by Crippen LogP contribution is 2.33. The molecule has 0 aromatic carbocycles. The molecule has 1 aliphatic rings. The van der Waals surface area contributed by atoms with Crippen molar-refractivity contribution in [1.29, 1.82) is 0 Å². The quantitative estimate of drug-likeness (QED) is 0.646. The first-order chi connectivity index (χ1) is 15.3. The van der Waals surface area contributed by atoms with Crippen LogP contribution in [0.5, 0.6) is 11.8 Å². The van der Waals surface area contributed by atoms with Crippen molar-refractivity contribution < 1.29 is 27.8 Å². The smallest absolute Gasteiger partial charge is 0.410 e. The number of nitrogens with zero attached hydrogens (tertiary/aromatic N) is 4. The van der Waals surface area contributed by atoms with Gasteiger partial charge in [-0.25, -0.2) is 9.89 Å². The molecule has 1 amide bonds. The monoisotopic (exact) mass is 468 g/mol. The van der Waals surface area contributed by atoms with Crippen LogP contribution >= 0.6 is 0 Å². The van der Waals surface area contributed by atoms with E-state index in [1.807, 2.05) is 34.6 Å². The molecule has 12 heteroatoms. The Bertz CT molecular complexity index is 976. The van der Waals surface area contributed by atoms with Gasteiger partial charge in [0.2, 0.25) is 11.8 Å². The van der Waals surface area contributed by atoms with Crippen molar-refractivity contribution in [1.82, 2.24) is 25.1 Å². The van der Waals surface area contributed by atoms with E-state index in [1.54, 1.807) is 11.8 Å². The summed E-state index contributed by atoms with van der Waals surface area (Å²) in [5, 5.41) is 9.15. The SMILES string of the molecule is Cc1ncc(O[C@H]2CCN(C(=O)OC(C)(C)C)CC2(C)C)nc1Nc1cc(OC(F)F)[nH]n1. The van der Waals surface area contributed by atoms with Gasteiger partial charge in [0.25, 0.3) is 0 Å². The fraction of sp³-hybridized carbons (Fsp3) is 0.619. The van der Waals surface area contributed by atoms with E-state index in [0.717, 1.165) is 0 Å². The van der Waals surface area contributed by atoms with Crippen LogP contribution in [0.3, 0.4) is 0 Å². The van der Waals surface area contributed by atoms with Crippen LogP contribution in [0.4, 0.5) is 25.2 Å². The number of aryl methyl sites for hydroxylation is 1. The predicted octanol–water partition coefficient (Wildman–Crippen LogP) is 4.27. The molecule has 33 heavy (non-hydrogen) atoms. The van der Waals surface area contributed by atoms with Gasteiger partial charge in [0.05, 0.1) is 11.9 Å². The van der Waals surface area contributed by atoms with Crippen LogP contribution in [0, 0.1) is 12.3 Å². The lowest BCUT2D eigenvalue weighted by Crippen LogP contribution is -2.53. The van der Waals surface area contributed by atoms with Gasteiger partial charge in [-0.15, -0.1) is 0 Å². The van der Waals surface area contributed by atoms with Crippen molar-refractivity contribution in [3.8, 4) is 11.8 Å². The number of amides is 1. The highest BCUT2D eigenvalue weighted by molar-refractivity contribution is 5.68. The van der Waals surface area contributed by atoms with Crippen molar-refractivity contribution >= 4 is 17.7 Å². The highest BCUT2D eigenvalue weighted by atomic mass is 19.3. The zero-order valence-electron chi connectivity index (χ0n) is 19.6. The van der Waals surface area contributed by atoms with Gasteiger partial charge >= 0.3 is 12.7 Å². The Morgan fingerprint density at radius 2 is 2.09 bits per heavy atom. The number of hydrogen-bond acceptors (Lipinski definition) is 8. The van der Waals surface area contributed by atoms with E-state index < -0.39 is 12.2 Å². The summed E-state index contributed by atoms with van der Waals surface area (Å²) in [5.41, 5.74) is -0.351. The minimum absolute atomic E-state index is 0.177. The topological polar surface area (TPSA) is 114 Å². The van der Waals surface area contributed by atoms with E-state index >= 15 is 0 Å². The average Bonchev–Trinajstić information content (AvgIpc) is 3.10. The number of aromatic nitrogens is 4. The first kappa shape index (κ1) is 24.5. The van der Waals surface area contributed by atoms with Crippen LogP contribution in [0.2, 0.25) is 0 Å². The van der Waals surface area contributed by atoms with Crippen molar-refractivity contribution in [2.45, 2.75) is 66.3 Å². The molecule has 0 bridgehead atoms. The molecule has 1 fully saturated rings. The Kier molecular flexibility index (Phi) is 6.94. The fourth-order valence-corrected chi connectivity index (χ4v) is 3.44. The molecule has 0 spiro atoms. The number of hydrogen-bond donors (Lipinski definition) is 2. The van der Waals surface area contributed by atoms with Crippen molar-refractivity contribution in [2.24, 2.45) is 5.41 Å². The fourth-order valence-electron chi connectivity index (χ4n) is 3.44.